The van der Waals surface area contributed by atoms with Gasteiger partial charge in [-0.05, 0) is 29.3 Å². The van der Waals surface area contributed by atoms with Gasteiger partial charge in [-0.15, -0.1) is 0 Å². The summed E-state index contributed by atoms with van der Waals surface area (Å²) in [5, 5.41) is 19.1. The second kappa shape index (κ2) is 6.22. The molecule has 110 valence electrons. The highest BCUT2D eigenvalue weighted by Gasteiger charge is 2.08. The van der Waals surface area contributed by atoms with Gasteiger partial charge in [-0.3, -0.25) is 0 Å². The number of ether oxygens (including phenoxy) is 1. The van der Waals surface area contributed by atoms with E-state index in [4.69, 9.17) is 4.74 Å². The van der Waals surface area contributed by atoms with Crippen LogP contribution in [0.15, 0.2) is 72.8 Å². The number of benzene rings is 3. The highest BCUT2D eigenvalue weighted by molar-refractivity contribution is 5.72. The van der Waals surface area contributed by atoms with E-state index in [2.05, 4.69) is 0 Å². The highest BCUT2D eigenvalue weighted by atomic mass is 16.5. The molecular formula is C19H16O3. The lowest BCUT2D eigenvalue weighted by Crippen LogP contribution is -1.96. The van der Waals surface area contributed by atoms with Gasteiger partial charge in [0.25, 0.3) is 0 Å². The number of para-hydroxylation sites is 1. The Hall–Kier alpha value is -2.94. The third kappa shape index (κ3) is 3.04. The molecule has 3 aromatic rings. The van der Waals surface area contributed by atoms with Gasteiger partial charge in [0.1, 0.15) is 12.4 Å². The summed E-state index contributed by atoms with van der Waals surface area (Å²) in [4.78, 5) is 0. The molecule has 0 amide bonds. The Labute approximate surface area is 129 Å². The summed E-state index contributed by atoms with van der Waals surface area (Å²) in [7, 11) is 0. The Morgan fingerprint density at radius 3 is 2.23 bits per heavy atom. The zero-order valence-corrected chi connectivity index (χ0v) is 11.9. The molecule has 22 heavy (non-hydrogen) atoms. The molecule has 3 nitrogen and oxygen atoms in total. The van der Waals surface area contributed by atoms with Crippen LogP contribution in [-0.2, 0) is 6.61 Å². The van der Waals surface area contributed by atoms with Gasteiger partial charge < -0.3 is 14.9 Å². The molecule has 0 spiro atoms. The maximum Gasteiger partial charge on any atom is 0.158 e. The van der Waals surface area contributed by atoms with Crippen LogP contribution in [-0.4, -0.2) is 10.2 Å². The standard InChI is InChI=1S/C19H16O3/c20-17-11-10-15(12-18(17)21)16-8-4-5-9-19(16)22-13-14-6-2-1-3-7-14/h1-12,20-21H,13H2. The maximum atomic E-state index is 9.67. The van der Waals surface area contributed by atoms with Gasteiger partial charge >= 0.3 is 0 Å². The first kappa shape index (κ1) is 14.0. The molecule has 0 unspecified atom stereocenters. The Kier molecular flexibility index (Phi) is 3.97. The Morgan fingerprint density at radius 1 is 0.727 bits per heavy atom. The fourth-order valence-electron chi connectivity index (χ4n) is 2.26. The molecule has 2 N–H and O–H groups in total. The molecule has 0 bridgehead atoms. The fourth-order valence-corrected chi connectivity index (χ4v) is 2.26. The van der Waals surface area contributed by atoms with Crippen molar-refractivity contribution in [2.75, 3.05) is 0 Å². The van der Waals surface area contributed by atoms with E-state index in [9.17, 15) is 10.2 Å². The van der Waals surface area contributed by atoms with Crippen molar-refractivity contribution in [1.82, 2.24) is 0 Å². The average Bonchev–Trinajstić information content (AvgIpc) is 2.57. The minimum absolute atomic E-state index is 0.133. The topological polar surface area (TPSA) is 49.7 Å². The molecule has 0 radical (unpaired) electrons. The van der Waals surface area contributed by atoms with Gasteiger partial charge in [0.15, 0.2) is 11.5 Å². The molecule has 3 heteroatoms. The van der Waals surface area contributed by atoms with Crippen molar-refractivity contribution in [3.8, 4) is 28.4 Å². The second-order valence-corrected chi connectivity index (χ2v) is 4.97. The number of hydrogen-bond donors (Lipinski definition) is 2. The molecule has 0 heterocycles. The molecule has 0 aromatic heterocycles. The molecule has 0 aliphatic heterocycles. The van der Waals surface area contributed by atoms with E-state index in [1.807, 2.05) is 54.6 Å². The van der Waals surface area contributed by atoms with Crippen molar-refractivity contribution in [2.45, 2.75) is 6.61 Å². The lowest BCUT2D eigenvalue weighted by Gasteiger charge is -2.12. The minimum atomic E-state index is -0.143. The Morgan fingerprint density at radius 2 is 1.45 bits per heavy atom. The predicted molar refractivity (Wildman–Crippen MR) is 86.0 cm³/mol. The van der Waals surface area contributed by atoms with Crippen molar-refractivity contribution in [2.24, 2.45) is 0 Å². The van der Waals surface area contributed by atoms with Crippen molar-refractivity contribution < 1.29 is 14.9 Å². The minimum Gasteiger partial charge on any atom is -0.504 e. The Bertz CT molecular complexity index is 767. The number of aromatic hydroxyl groups is 2. The fraction of sp³-hybridized carbons (Fsp3) is 0.0526. The Balaban J connectivity index is 1.88. The van der Waals surface area contributed by atoms with Crippen LogP contribution in [0, 0.1) is 0 Å². The second-order valence-electron chi connectivity index (χ2n) is 4.97. The van der Waals surface area contributed by atoms with Gasteiger partial charge in [0.05, 0.1) is 0 Å². The first-order valence-corrected chi connectivity index (χ1v) is 7.02. The van der Waals surface area contributed by atoms with E-state index in [1.54, 1.807) is 6.07 Å². The summed E-state index contributed by atoms with van der Waals surface area (Å²) in [6.07, 6.45) is 0. The van der Waals surface area contributed by atoms with Gasteiger partial charge in [0.2, 0.25) is 0 Å². The van der Waals surface area contributed by atoms with Gasteiger partial charge in [-0.25, -0.2) is 0 Å². The van der Waals surface area contributed by atoms with Crippen molar-refractivity contribution in [3.63, 3.8) is 0 Å². The summed E-state index contributed by atoms with van der Waals surface area (Å²) < 4.78 is 5.90. The summed E-state index contributed by atoms with van der Waals surface area (Å²) in [6.45, 7) is 0.474. The van der Waals surface area contributed by atoms with Crippen LogP contribution in [0.3, 0.4) is 0 Å². The van der Waals surface area contributed by atoms with Gasteiger partial charge in [-0.2, -0.15) is 0 Å². The average molecular weight is 292 g/mol. The third-order valence-corrected chi connectivity index (χ3v) is 3.41. The van der Waals surface area contributed by atoms with Crippen LogP contribution in [0.25, 0.3) is 11.1 Å². The molecule has 0 aliphatic carbocycles. The van der Waals surface area contributed by atoms with Crippen LogP contribution in [0.4, 0.5) is 0 Å². The van der Waals surface area contributed by atoms with Gasteiger partial charge in [0, 0.05) is 5.56 Å². The number of phenolic OH excluding ortho intramolecular Hbond substituents is 2. The van der Waals surface area contributed by atoms with E-state index < -0.39 is 0 Å². The van der Waals surface area contributed by atoms with E-state index in [1.165, 1.54) is 12.1 Å². The number of phenols is 2. The quantitative estimate of drug-likeness (QED) is 0.703. The van der Waals surface area contributed by atoms with E-state index in [0.717, 1.165) is 22.4 Å². The first-order chi connectivity index (χ1) is 10.7. The lowest BCUT2D eigenvalue weighted by molar-refractivity contribution is 0.307. The number of rotatable bonds is 4. The largest absolute Gasteiger partial charge is 0.504 e. The summed E-state index contributed by atoms with van der Waals surface area (Å²) in [5.74, 6) is 0.457. The summed E-state index contributed by atoms with van der Waals surface area (Å²) >= 11 is 0. The van der Waals surface area contributed by atoms with E-state index in [-0.39, 0.29) is 11.5 Å². The molecular weight excluding hydrogens is 276 g/mol. The summed E-state index contributed by atoms with van der Waals surface area (Å²) in [5.41, 5.74) is 2.75. The SMILES string of the molecule is Oc1ccc(-c2ccccc2OCc2ccccc2)cc1O. The molecule has 3 aromatic carbocycles. The highest BCUT2D eigenvalue weighted by Crippen LogP contribution is 2.35. The predicted octanol–water partition coefficient (Wildman–Crippen LogP) is 4.34. The molecule has 0 fully saturated rings. The molecule has 0 saturated heterocycles. The van der Waals surface area contributed by atoms with Gasteiger partial charge in [-0.1, -0.05) is 54.6 Å². The summed E-state index contributed by atoms with van der Waals surface area (Å²) in [6, 6.07) is 22.3. The lowest BCUT2D eigenvalue weighted by atomic mass is 10.0. The molecule has 0 saturated carbocycles. The van der Waals surface area contributed by atoms with Crippen molar-refractivity contribution in [1.29, 1.82) is 0 Å². The monoisotopic (exact) mass is 292 g/mol. The van der Waals surface area contributed by atoms with Crippen molar-refractivity contribution in [3.05, 3.63) is 78.4 Å². The zero-order chi connectivity index (χ0) is 15.4. The molecule has 0 aliphatic rings. The van der Waals surface area contributed by atoms with E-state index >= 15 is 0 Å². The zero-order valence-electron chi connectivity index (χ0n) is 11.9. The normalized spacial score (nSPS) is 10.4. The maximum absolute atomic E-state index is 9.67. The molecule has 0 atom stereocenters. The first-order valence-electron chi connectivity index (χ1n) is 7.02. The van der Waals surface area contributed by atoms with E-state index in [0.29, 0.717) is 6.61 Å². The van der Waals surface area contributed by atoms with Crippen LogP contribution in [0.2, 0.25) is 0 Å². The molecule has 3 rings (SSSR count). The van der Waals surface area contributed by atoms with Crippen LogP contribution >= 0.6 is 0 Å². The third-order valence-electron chi connectivity index (χ3n) is 3.41. The van der Waals surface area contributed by atoms with Crippen LogP contribution in [0.1, 0.15) is 5.56 Å². The smallest absolute Gasteiger partial charge is 0.158 e. The number of hydrogen-bond acceptors (Lipinski definition) is 3. The van der Waals surface area contributed by atoms with Crippen LogP contribution in [0.5, 0.6) is 17.2 Å². The van der Waals surface area contributed by atoms with Crippen LogP contribution < -0.4 is 4.74 Å². The van der Waals surface area contributed by atoms with Crippen molar-refractivity contribution >= 4 is 0 Å².